The van der Waals surface area contributed by atoms with Crippen molar-refractivity contribution in [3.63, 3.8) is 0 Å². The van der Waals surface area contributed by atoms with Gasteiger partial charge in [-0.2, -0.15) is 0 Å². The van der Waals surface area contributed by atoms with Gasteiger partial charge >= 0.3 is 5.97 Å². The average molecular weight is 271 g/mol. The molecule has 0 aliphatic heterocycles. The monoisotopic (exact) mass is 270 g/mol. The van der Waals surface area contributed by atoms with Gasteiger partial charge in [0.2, 0.25) is 0 Å². The molecule has 0 bridgehead atoms. The number of benzene rings is 1. The number of aryl methyl sites for hydroxylation is 1. The molecule has 0 radical (unpaired) electrons. The maximum Gasteiger partial charge on any atom is 0.303 e. The van der Waals surface area contributed by atoms with Crippen molar-refractivity contribution in [1.82, 2.24) is 0 Å². The van der Waals surface area contributed by atoms with Gasteiger partial charge in [-0.3, -0.25) is 4.79 Å². The van der Waals surface area contributed by atoms with E-state index in [0.717, 1.165) is 12.8 Å². The lowest BCUT2D eigenvalue weighted by molar-refractivity contribution is -0.143. The first kappa shape index (κ1) is 14.1. The molecule has 0 aliphatic rings. The smallest absolute Gasteiger partial charge is 0.303 e. The number of halogens is 1. The van der Waals surface area contributed by atoms with Crippen LogP contribution in [0.4, 0.5) is 0 Å². The van der Waals surface area contributed by atoms with Gasteiger partial charge in [0.15, 0.2) is 0 Å². The Morgan fingerprint density at radius 3 is 2.59 bits per heavy atom. The van der Waals surface area contributed by atoms with Crippen LogP contribution in [0.1, 0.15) is 25.3 Å². The molecule has 1 aromatic carbocycles. The first-order valence-corrected chi connectivity index (χ1v) is 6.28. The van der Waals surface area contributed by atoms with Crippen LogP contribution in [-0.4, -0.2) is 16.4 Å². The minimum atomic E-state index is -0.451. The van der Waals surface area contributed by atoms with Gasteiger partial charge < -0.3 is 4.74 Å². The summed E-state index contributed by atoms with van der Waals surface area (Å²) >= 11 is 10.6. The molecule has 0 amide bonds. The van der Waals surface area contributed by atoms with Gasteiger partial charge in [-0.05, 0) is 24.8 Å². The van der Waals surface area contributed by atoms with Crippen LogP contribution >= 0.6 is 23.8 Å². The lowest BCUT2D eigenvalue weighted by atomic mass is 10.1. The Hall–Kier alpha value is -0.930. The van der Waals surface area contributed by atoms with Gasteiger partial charge in [-0.25, -0.2) is 0 Å². The fraction of sp³-hybridized carbons (Fsp3) is 0.385. The van der Waals surface area contributed by atoms with Crippen LogP contribution in [0, 0.1) is 0 Å². The highest BCUT2D eigenvalue weighted by Crippen LogP contribution is 2.12. The van der Waals surface area contributed by atoms with Crippen molar-refractivity contribution in [3.05, 3.63) is 35.9 Å². The third-order valence-corrected chi connectivity index (χ3v) is 2.84. The second-order valence-electron chi connectivity index (χ2n) is 3.78. The van der Waals surface area contributed by atoms with Gasteiger partial charge in [-0.15, -0.1) is 0 Å². The molecule has 17 heavy (non-hydrogen) atoms. The third kappa shape index (κ3) is 5.80. The molecule has 0 saturated carbocycles. The molecular weight excluding hydrogens is 256 g/mol. The van der Waals surface area contributed by atoms with Crippen LogP contribution in [0.25, 0.3) is 0 Å². The fourth-order valence-electron chi connectivity index (χ4n) is 1.56. The number of carbonyl (C=O) groups excluding carboxylic acids is 1. The van der Waals surface area contributed by atoms with Crippen molar-refractivity contribution in [2.24, 2.45) is 0 Å². The lowest BCUT2D eigenvalue weighted by Gasteiger charge is -2.14. The third-order valence-electron chi connectivity index (χ3n) is 2.34. The van der Waals surface area contributed by atoms with Crippen LogP contribution in [0.3, 0.4) is 0 Å². The van der Waals surface area contributed by atoms with E-state index in [4.69, 9.17) is 28.6 Å². The van der Waals surface area contributed by atoms with E-state index in [-0.39, 0.29) is 10.3 Å². The van der Waals surface area contributed by atoms with E-state index in [9.17, 15) is 4.79 Å². The summed E-state index contributed by atoms with van der Waals surface area (Å²) in [7, 11) is 0. The molecule has 4 heteroatoms. The Morgan fingerprint density at radius 1 is 1.41 bits per heavy atom. The second-order valence-corrected chi connectivity index (χ2v) is 4.85. The lowest BCUT2D eigenvalue weighted by Crippen LogP contribution is -2.21. The molecule has 92 valence electrons. The molecule has 0 N–H and O–H groups in total. The van der Waals surface area contributed by atoms with Gasteiger partial charge in [-0.1, -0.05) is 54.2 Å². The predicted octanol–water partition coefficient (Wildman–Crippen LogP) is 3.51. The summed E-state index contributed by atoms with van der Waals surface area (Å²) in [6.45, 7) is 1.36. The van der Waals surface area contributed by atoms with Crippen molar-refractivity contribution >= 4 is 34.1 Å². The Labute approximate surface area is 112 Å². The van der Waals surface area contributed by atoms with Crippen LogP contribution < -0.4 is 0 Å². The molecule has 2 nitrogen and oxygen atoms in total. The predicted molar refractivity (Wildman–Crippen MR) is 73.4 cm³/mol. The van der Waals surface area contributed by atoms with E-state index < -0.39 is 6.10 Å². The highest BCUT2D eigenvalue weighted by molar-refractivity contribution is 7.83. The van der Waals surface area contributed by atoms with E-state index in [1.165, 1.54) is 12.5 Å². The summed E-state index contributed by atoms with van der Waals surface area (Å²) in [4.78, 5) is 10.9. The first-order chi connectivity index (χ1) is 8.09. The number of carbonyl (C=O) groups is 1. The molecule has 0 saturated heterocycles. The molecule has 1 rings (SSSR count). The molecule has 1 aromatic rings. The Morgan fingerprint density at radius 2 is 2.06 bits per heavy atom. The summed E-state index contributed by atoms with van der Waals surface area (Å²) in [5.74, 6) is -0.349. The minimum absolute atomic E-state index is 0.216. The van der Waals surface area contributed by atoms with Crippen LogP contribution in [0.5, 0.6) is 0 Å². The van der Waals surface area contributed by atoms with Crippen molar-refractivity contribution < 1.29 is 9.53 Å². The minimum Gasteiger partial charge on any atom is -0.456 e. The molecule has 1 atom stereocenters. The van der Waals surface area contributed by atoms with Gasteiger partial charge in [0.25, 0.3) is 0 Å². The number of ether oxygens (including phenoxy) is 1. The molecule has 1 unspecified atom stereocenters. The zero-order valence-electron chi connectivity index (χ0n) is 9.69. The summed E-state index contributed by atoms with van der Waals surface area (Å²) in [5.41, 5.74) is 1.26. The Bertz CT molecular complexity index is 378. The van der Waals surface area contributed by atoms with Crippen LogP contribution in [-0.2, 0) is 16.0 Å². The molecule has 0 aliphatic carbocycles. The highest BCUT2D eigenvalue weighted by atomic mass is 35.5. The first-order valence-electron chi connectivity index (χ1n) is 5.50. The number of hydrogen-bond donors (Lipinski definition) is 0. The number of thiocarbonyl (C=S) groups is 1. The number of esters is 1. The van der Waals surface area contributed by atoms with Crippen molar-refractivity contribution in [2.75, 3.05) is 0 Å². The van der Waals surface area contributed by atoms with Crippen molar-refractivity contribution in [3.8, 4) is 0 Å². The highest BCUT2D eigenvalue weighted by Gasteiger charge is 2.15. The topological polar surface area (TPSA) is 26.3 Å². The van der Waals surface area contributed by atoms with Gasteiger partial charge in [0.1, 0.15) is 10.4 Å². The second kappa shape index (κ2) is 7.41. The maximum absolute atomic E-state index is 10.9. The zero-order chi connectivity index (χ0) is 12.7. The normalized spacial score (nSPS) is 11.9. The summed E-state index contributed by atoms with van der Waals surface area (Å²) < 4.78 is 5.25. The maximum atomic E-state index is 10.9. The molecule has 0 aromatic heterocycles. The summed E-state index contributed by atoms with van der Waals surface area (Å²) in [6.07, 6.45) is 2.02. The zero-order valence-corrected chi connectivity index (χ0v) is 11.3. The number of hydrogen-bond acceptors (Lipinski definition) is 3. The van der Waals surface area contributed by atoms with E-state index in [1.54, 1.807) is 0 Å². The Balaban J connectivity index is 2.37. The number of rotatable bonds is 6. The SMILES string of the molecule is CC(=O)OC(CCCc1ccccc1)C(=S)Cl. The van der Waals surface area contributed by atoms with E-state index >= 15 is 0 Å². The van der Waals surface area contributed by atoms with Gasteiger partial charge in [0.05, 0.1) is 0 Å². The quantitative estimate of drug-likeness (QED) is 0.450. The van der Waals surface area contributed by atoms with Crippen LogP contribution in [0.2, 0.25) is 0 Å². The molecule has 0 spiro atoms. The van der Waals surface area contributed by atoms with Crippen LogP contribution in [0.15, 0.2) is 30.3 Å². The van der Waals surface area contributed by atoms with E-state index in [0.29, 0.717) is 6.42 Å². The van der Waals surface area contributed by atoms with E-state index in [1.807, 2.05) is 18.2 Å². The summed E-state index contributed by atoms with van der Waals surface area (Å²) in [5, 5.41) is 0. The molecule has 0 fully saturated rings. The molecule has 0 heterocycles. The summed E-state index contributed by atoms with van der Waals surface area (Å²) in [6, 6.07) is 10.1. The van der Waals surface area contributed by atoms with Gasteiger partial charge in [0, 0.05) is 6.92 Å². The molecular formula is C13H15ClO2S. The largest absolute Gasteiger partial charge is 0.456 e. The van der Waals surface area contributed by atoms with E-state index in [2.05, 4.69) is 12.1 Å². The van der Waals surface area contributed by atoms with Crippen molar-refractivity contribution in [1.29, 1.82) is 0 Å². The fourth-order valence-corrected chi connectivity index (χ4v) is 1.87. The van der Waals surface area contributed by atoms with Crippen molar-refractivity contribution in [2.45, 2.75) is 32.3 Å². The Kier molecular flexibility index (Phi) is 6.16. The standard InChI is InChI=1S/C13H15ClO2S/c1-10(15)16-12(13(14)17)9-5-8-11-6-3-2-4-7-11/h2-4,6-7,12H,5,8-9H2,1H3. The average Bonchev–Trinajstić information content (AvgIpc) is 2.28.